The Kier molecular flexibility index (Phi) is 5.14. The molecule has 1 aliphatic heterocycles. The van der Waals surface area contributed by atoms with Crippen molar-refractivity contribution in [2.75, 3.05) is 12.3 Å². The summed E-state index contributed by atoms with van der Waals surface area (Å²) in [6.07, 6.45) is 9.92. The molecule has 2 aliphatic carbocycles. The zero-order chi connectivity index (χ0) is 18.9. The second-order valence-corrected chi connectivity index (χ2v) is 9.35. The lowest BCUT2D eigenvalue weighted by atomic mass is 9.78. The van der Waals surface area contributed by atoms with Gasteiger partial charge in [-0.2, -0.15) is 0 Å². The van der Waals surface area contributed by atoms with Gasteiger partial charge >= 0.3 is 0 Å². The average Bonchev–Trinajstić information content (AvgIpc) is 3.51. The van der Waals surface area contributed by atoms with E-state index in [2.05, 4.69) is 17.0 Å². The molecule has 0 N–H and O–H groups in total. The molecule has 28 heavy (non-hydrogen) atoms. The molecule has 1 aromatic heterocycles. The first-order valence-electron chi connectivity index (χ1n) is 10.7. The van der Waals surface area contributed by atoms with Crippen molar-refractivity contribution in [2.24, 2.45) is 5.92 Å². The predicted molar refractivity (Wildman–Crippen MR) is 111 cm³/mol. The van der Waals surface area contributed by atoms with E-state index in [4.69, 9.17) is 10.1 Å². The SMILES string of the molecule is O=C(CSc1nc(C2CC2)n(-c2ccccc2)n1)N1CCC[C@H]2CCCC[C@@H]21. The van der Waals surface area contributed by atoms with Gasteiger partial charge in [-0.25, -0.2) is 9.67 Å². The molecule has 3 aliphatic rings. The molecule has 0 bridgehead atoms. The Balaban J connectivity index is 1.28. The van der Waals surface area contributed by atoms with Gasteiger partial charge in [-0.1, -0.05) is 42.8 Å². The van der Waals surface area contributed by atoms with E-state index in [1.54, 1.807) is 0 Å². The van der Waals surface area contributed by atoms with Gasteiger partial charge < -0.3 is 4.90 Å². The van der Waals surface area contributed by atoms with Crippen LogP contribution in [-0.4, -0.2) is 43.9 Å². The number of benzene rings is 1. The number of hydrogen-bond acceptors (Lipinski definition) is 4. The molecule has 0 spiro atoms. The van der Waals surface area contributed by atoms with E-state index < -0.39 is 0 Å². The summed E-state index contributed by atoms with van der Waals surface area (Å²) in [5.74, 6) is 3.01. The summed E-state index contributed by atoms with van der Waals surface area (Å²) in [4.78, 5) is 19.9. The predicted octanol–water partition coefficient (Wildman–Crippen LogP) is 4.42. The zero-order valence-corrected chi connectivity index (χ0v) is 17.1. The molecule has 2 aromatic rings. The van der Waals surface area contributed by atoms with Crippen molar-refractivity contribution < 1.29 is 4.79 Å². The molecule has 0 radical (unpaired) electrons. The van der Waals surface area contributed by atoms with Crippen molar-refractivity contribution >= 4 is 17.7 Å². The van der Waals surface area contributed by atoms with Crippen molar-refractivity contribution in [3.05, 3.63) is 36.2 Å². The van der Waals surface area contributed by atoms with Gasteiger partial charge in [-0.05, 0) is 56.6 Å². The van der Waals surface area contributed by atoms with Crippen LogP contribution in [0.1, 0.15) is 63.1 Å². The second kappa shape index (κ2) is 7.90. The Morgan fingerprint density at radius 2 is 1.82 bits per heavy atom. The first-order valence-corrected chi connectivity index (χ1v) is 11.7. The number of carbonyl (C=O) groups excluding carboxylic acids is 1. The molecule has 6 heteroatoms. The van der Waals surface area contributed by atoms with Crippen LogP contribution in [0.25, 0.3) is 5.69 Å². The number of rotatable bonds is 5. The summed E-state index contributed by atoms with van der Waals surface area (Å²) >= 11 is 1.50. The number of fused-ring (bicyclic) bond motifs is 1. The minimum atomic E-state index is 0.269. The Morgan fingerprint density at radius 3 is 2.64 bits per heavy atom. The van der Waals surface area contributed by atoms with Crippen LogP contribution in [0, 0.1) is 5.92 Å². The van der Waals surface area contributed by atoms with Crippen LogP contribution in [0.4, 0.5) is 0 Å². The zero-order valence-electron chi connectivity index (χ0n) is 16.3. The highest BCUT2D eigenvalue weighted by Gasteiger charge is 2.36. The Hall–Kier alpha value is -1.82. The van der Waals surface area contributed by atoms with Crippen LogP contribution in [-0.2, 0) is 4.79 Å². The number of carbonyl (C=O) groups is 1. The molecule has 2 saturated carbocycles. The maximum absolute atomic E-state index is 13.0. The third-order valence-corrected chi connectivity index (χ3v) is 7.27. The fraction of sp³-hybridized carbons (Fsp3) is 0.591. The molecule has 1 saturated heterocycles. The minimum absolute atomic E-state index is 0.269. The van der Waals surface area contributed by atoms with Gasteiger partial charge in [-0.3, -0.25) is 4.79 Å². The molecule has 2 atom stereocenters. The molecular weight excluding hydrogens is 368 g/mol. The van der Waals surface area contributed by atoms with Crippen molar-refractivity contribution in [3.63, 3.8) is 0 Å². The highest BCUT2D eigenvalue weighted by Crippen LogP contribution is 2.40. The van der Waals surface area contributed by atoms with Crippen molar-refractivity contribution in [1.29, 1.82) is 0 Å². The standard InChI is InChI=1S/C22H28N4OS/c27-20(25-14-6-8-16-7-4-5-11-19(16)25)15-28-22-23-21(17-12-13-17)26(24-22)18-9-2-1-3-10-18/h1-3,9-10,16-17,19H,4-8,11-15H2/t16-,19+/m1/s1. The smallest absolute Gasteiger partial charge is 0.233 e. The number of likely N-dealkylation sites (tertiary alicyclic amines) is 1. The van der Waals surface area contributed by atoms with E-state index in [1.807, 2.05) is 22.9 Å². The lowest BCUT2D eigenvalue weighted by Gasteiger charge is -2.44. The summed E-state index contributed by atoms with van der Waals surface area (Å²) in [6, 6.07) is 10.7. The van der Waals surface area contributed by atoms with Crippen molar-refractivity contribution in [2.45, 2.75) is 68.5 Å². The van der Waals surface area contributed by atoms with Crippen LogP contribution in [0.5, 0.6) is 0 Å². The van der Waals surface area contributed by atoms with Crippen LogP contribution >= 0.6 is 11.8 Å². The fourth-order valence-electron chi connectivity index (χ4n) is 4.87. The summed E-state index contributed by atoms with van der Waals surface area (Å²) < 4.78 is 1.97. The largest absolute Gasteiger partial charge is 0.339 e. The molecule has 3 fully saturated rings. The normalized spacial score (nSPS) is 24.8. The number of hydrogen-bond donors (Lipinski definition) is 0. The van der Waals surface area contributed by atoms with Crippen molar-refractivity contribution in [1.82, 2.24) is 19.7 Å². The number of piperidine rings is 1. The van der Waals surface area contributed by atoms with Gasteiger partial charge in [-0.15, -0.1) is 5.10 Å². The number of amides is 1. The minimum Gasteiger partial charge on any atom is -0.339 e. The monoisotopic (exact) mass is 396 g/mol. The third kappa shape index (κ3) is 3.71. The number of nitrogens with zero attached hydrogens (tertiary/aromatic N) is 4. The molecule has 5 rings (SSSR count). The summed E-state index contributed by atoms with van der Waals surface area (Å²) in [6.45, 7) is 0.930. The fourth-order valence-corrected chi connectivity index (χ4v) is 5.59. The Bertz CT molecular complexity index is 830. The second-order valence-electron chi connectivity index (χ2n) is 8.40. The molecule has 1 aromatic carbocycles. The molecule has 5 nitrogen and oxygen atoms in total. The topological polar surface area (TPSA) is 51.0 Å². The molecule has 148 valence electrons. The van der Waals surface area contributed by atoms with E-state index in [9.17, 15) is 4.79 Å². The highest BCUT2D eigenvalue weighted by atomic mass is 32.2. The maximum atomic E-state index is 13.0. The molecular formula is C22H28N4OS. The van der Waals surface area contributed by atoms with Crippen LogP contribution < -0.4 is 0 Å². The van der Waals surface area contributed by atoms with Gasteiger partial charge in [0.1, 0.15) is 5.82 Å². The lowest BCUT2D eigenvalue weighted by molar-refractivity contribution is -0.134. The van der Waals surface area contributed by atoms with E-state index in [0.29, 0.717) is 17.7 Å². The van der Waals surface area contributed by atoms with Crippen LogP contribution in [0.2, 0.25) is 0 Å². The highest BCUT2D eigenvalue weighted by molar-refractivity contribution is 7.99. The van der Waals surface area contributed by atoms with Gasteiger partial charge in [0, 0.05) is 18.5 Å². The lowest BCUT2D eigenvalue weighted by Crippen LogP contribution is -2.50. The van der Waals surface area contributed by atoms with E-state index in [0.717, 1.165) is 35.6 Å². The first kappa shape index (κ1) is 18.2. The van der Waals surface area contributed by atoms with Gasteiger partial charge in [0.2, 0.25) is 11.1 Å². The van der Waals surface area contributed by atoms with Gasteiger partial charge in [0.05, 0.1) is 11.4 Å². The van der Waals surface area contributed by atoms with Gasteiger partial charge in [0.25, 0.3) is 0 Å². The summed E-state index contributed by atoms with van der Waals surface area (Å²) in [5.41, 5.74) is 1.05. The molecule has 1 amide bonds. The average molecular weight is 397 g/mol. The van der Waals surface area contributed by atoms with Crippen LogP contribution in [0.3, 0.4) is 0 Å². The maximum Gasteiger partial charge on any atom is 0.233 e. The first-order chi connectivity index (χ1) is 13.8. The van der Waals surface area contributed by atoms with E-state index in [-0.39, 0.29) is 5.91 Å². The Labute approximate surface area is 170 Å². The van der Waals surface area contributed by atoms with Crippen molar-refractivity contribution in [3.8, 4) is 5.69 Å². The third-order valence-electron chi connectivity index (χ3n) is 6.44. The van der Waals surface area contributed by atoms with E-state index >= 15 is 0 Å². The molecule has 0 unspecified atom stereocenters. The summed E-state index contributed by atoms with van der Waals surface area (Å²) in [5, 5.41) is 5.47. The molecule has 2 heterocycles. The van der Waals surface area contributed by atoms with Gasteiger partial charge in [0.15, 0.2) is 0 Å². The van der Waals surface area contributed by atoms with Crippen LogP contribution in [0.15, 0.2) is 35.5 Å². The summed E-state index contributed by atoms with van der Waals surface area (Å²) in [7, 11) is 0. The number of para-hydroxylation sites is 1. The number of aromatic nitrogens is 3. The Morgan fingerprint density at radius 1 is 1.04 bits per heavy atom. The quantitative estimate of drug-likeness (QED) is 0.702. The number of thioether (sulfide) groups is 1. The van der Waals surface area contributed by atoms with E-state index in [1.165, 1.54) is 56.7 Å².